The molecule has 1 fully saturated rings. The van der Waals surface area contributed by atoms with Gasteiger partial charge >= 0.3 is 0 Å². The molecule has 0 radical (unpaired) electrons. The summed E-state index contributed by atoms with van der Waals surface area (Å²) < 4.78 is 5.65. The van der Waals surface area contributed by atoms with Gasteiger partial charge in [-0.25, -0.2) is 0 Å². The fourth-order valence-corrected chi connectivity index (χ4v) is 2.53. The summed E-state index contributed by atoms with van der Waals surface area (Å²) in [4.78, 5) is 12.3. The summed E-state index contributed by atoms with van der Waals surface area (Å²) in [5, 5.41) is 11.1. The van der Waals surface area contributed by atoms with Crippen LogP contribution in [0.4, 0.5) is 11.4 Å². The van der Waals surface area contributed by atoms with E-state index >= 15 is 0 Å². The number of nitro groups is 1. The van der Waals surface area contributed by atoms with Gasteiger partial charge in [-0.15, -0.1) is 0 Å². The van der Waals surface area contributed by atoms with Crippen LogP contribution in [0.25, 0.3) is 0 Å². The predicted molar refractivity (Wildman–Crippen MR) is 70.3 cm³/mol. The van der Waals surface area contributed by atoms with Crippen molar-refractivity contribution in [3.8, 4) is 0 Å². The lowest BCUT2D eigenvalue weighted by Crippen LogP contribution is -2.45. The first-order valence-corrected chi connectivity index (χ1v) is 6.19. The topological polar surface area (TPSA) is 55.6 Å². The number of ether oxygens (including phenoxy) is 1. The van der Waals surface area contributed by atoms with Crippen molar-refractivity contribution < 1.29 is 9.66 Å². The number of anilines is 1. The highest BCUT2D eigenvalue weighted by Gasteiger charge is 2.24. The van der Waals surface area contributed by atoms with E-state index in [1.807, 2.05) is 13.8 Å². The number of benzene rings is 1. The zero-order valence-electron chi connectivity index (χ0n) is 10.3. The third-order valence-electron chi connectivity index (χ3n) is 2.90. The summed E-state index contributed by atoms with van der Waals surface area (Å²) >= 11 is 6.12. The van der Waals surface area contributed by atoms with E-state index in [-0.39, 0.29) is 17.9 Å². The maximum absolute atomic E-state index is 10.7. The van der Waals surface area contributed by atoms with Crippen molar-refractivity contribution in [2.45, 2.75) is 26.1 Å². The lowest BCUT2D eigenvalue weighted by molar-refractivity contribution is -0.384. The molecule has 2 atom stereocenters. The first-order chi connectivity index (χ1) is 8.47. The van der Waals surface area contributed by atoms with E-state index in [9.17, 15) is 10.1 Å². The molecule has 1 aromatic carbocycles. The second-order valence-corrected chi connectivity index (χ2v) is 4.96. The molecule has 0 saturated carbocycles. The van der Waals surface area contributed by atoms with Gasteiger partial charge in [0.2, 0.25) is 0 Å². The number of rotatable bonds is 2. The van der Waals surface area contributed by atoms with Crippen molar-refractivity contribution in [2.75, 3.05) is 18.0 Å². The van der Waals surface area contributed by atoms with Crippen molar-refractivity contribution in [1.82, 2.24) is 0 Å². The van der Waals surface area contributed by atoms with Crippen LogP contribution in [0.1, 0.15) is 13.8 Å². The van der Waals surface area contributed by atoms with Crippen molar-refractivity contribution in [2.24, 2.45) is 0 Å². The first kappa shape index (κ1) is 13.1. The van der Waals surface area contributed by atoms with Gasteiger partial charge in [0, 0.05) is 25.2 Å². The van der Waals surface area contributed by atoms with Gasteiger partial charge in [0.15, 0.2) is 0 Å². The Labute approximate surface area is 110 Å². The van der Waals surface area contributed by atoms with Crippen LogP contribution in [0.2, 0.25) is 5.02 Å². The Morgan fingerprint density at radius 2 is 2.00 bits per heavy atom. The van der Waals surface area contributed by atoms with Crippen molar-refractivity contribution in [3.05, 3.63) is 33.3 Å². The average molecular weight is 271 g/mol. The van der Waals surface area contributed by atoms with Crippen LogP contribution in [0, 0.1) is 10.1 Å². The van der Waals surface area contributed by atoms with E-state index in [4.69, 9.17) is 16.3 Å². The quantitative estimate of drug-likeness (QED) is 0.612. The standard InChI is InChI=1S/C12H15ClN2O3/c1-8-6-14(7-9(2)18-8)12-4-3-10(15(16)17)5-11(12)13/h3-5,8-9H,6-7H2,1-2H3/t8-,9-/m0/s1. The minimum atomic E-state index is -0.444. The summed E-state index contributed by atoms with van der Waals surface area (Å²) in [5.41, 5.74) is 0.836. The maximum atomic E-state index is 10.7. The van der Waals surface area contributed by atoms with Crippen LogP contribution in [-0.2, 0) is 4.74 Å². The SMILES string of the molecule is C[C@H]1CN(c2ccc([N+](=O)[O-])cc2Cl)C[C@H](C)O1. The molecule has 1 aromatic rings. The fraction of sp³-hybridized carbons (Fsp3) is 0.500. The smallest absolute Gasteiger partial charge is 0.271 e. The normalized spacial score (nSPS) is 24.1. The Kier molecular flexibility index (Phi) is 3.73. The zero-order valence-corrected chi connectivity index (χ0v) is 11.1. The van der Waals surface area contributed by atoms with Crippen LogP contribution in [0.15, 0.2) is 18.2 Å². The molecule has 0 spiro atoms. The molecule has 0 unspecified atom stereocenters. The minimum Gasteiger partial charge on any atom is -0.372 e. The van der Waals surface area contributed by atoms with Crippen LogP contribution >= 0.6 is 11.6 Å². The Morgan fingerprint density at radius 3 is 2.50 bits per heavy atom. The highest BCUT2D eigenvalue weighted by atomic mass is 35.5. The van der Waals surface area contributed by atoms with E-state index in [1.54, 1.807) is 6.07 Å². The second kappa shape index (κ2) is 5.12. The van der Waals surface area contributed by atoms with Gasteiger partial charge in [-0.05, 0) is 19.9 Å². The van der Waals surface area contributed by atoms with Crippen molar-refractivity contribution in [3.63, 3.8) is 0 Å². The minimum absolute atomic E-state index is 0.0121. The lowest BCUT2D eigenvalue weighted by atomic mass is 10.2. The number of halogens is 1. The van der Waals surface area contributed by atoms with Gasteiger partial charge in [-0.1, -0.05) is 11.6 Å². The van der Waals surface area contributed by atoms with Gasteiger partial charge in [0.05, 0.1) is 27.8 Å². The fourth-order valence-electron chi connectivity index (χ4n) is 2.24. The van der Waals surface area contributed by atoms with Crippen molar-refractivity contribution in [1.29, 1.82) is 0 Å². The highest BCUT2D eigenvalue weighted by Crippen LogP contribution is 2.31. The van der Waals surface area contributed by atoms with Crippen LogP contribution < -0.4 is 4.90 Å². The van der Waals surface area contributed by atoms with Crippen molar-refractivity contribution >= 4 is 23.0 Å². The third kappa shape index (κ3) is 2.73. The molecule has 1 heterocycles. The molecule has 6 heteroatoms. The molecule has 1 aliphatic heterocycles. The number of nitro benzene ring substituents is 1. The van der Waals surface area contributed by atoms with E-state index in [1.165, 1.54) is 12.1 Å². The molecule has 1 aliphatic rings. The van der Waals surface area contributed by atoms with Gasteiger partial charge in [0.25, 0.3) is 5.69 Å². The van der Waals surface area contributed by atoms with Gasteiger partial charge in [-0.2, -0.15) is 0 Å². The van der Waals surface area contributed by atoms with Crippen LogP contribution in [0.3, 0.4) is 0 Å². The highest BCUT2D eigenvalue weighted by molar-refractivity contribution is 6.33. The Balaban J connectivity index is 2.25. The Bertz CT molecular complexity index is 457. The number of morpholine rings is 1. The molecule has 5 nitrogen and oxygen atoms in total. The third-order valence-corrected chi connectivity index (χ3v) is 3.21. The predicted octanol–water partition coefficient (Wildman–Crippen LogP) is 2.86. The zero-order chi connectivity index (χ0) is 13.3. The number of non-ortho nitro benzene ring substituents is 1. The van der Waals surface area contributed by atoms with Gasteiger partial charge < -0.3 is 9.64 Å². The molecule has 0 N–H and O–H groups in total. The molecular weight excluding hydrogens is 256 g/mol. The van der Waals surface area contributed by atoms with Gasteiger partial charge in [-0.3, -0.25) is 10.1 Å². The molecule has 0 bridgehead atoms. The molecule has 0 aromatic heterocycles. The average Bonchev–Trinajstić information content (AvgIpc) is 2.27. The van der Waals surface area contributed by atoms with E-state index < -0.39 is 4.92 Å². The Morgan fingerprint density at radius 1 is 1.39 bits per heavy atom. The molecule has 0 amide bonds. The number of nitrogens with zero attached hydrogens (tertiary/aromatic N) is 2. The Hall–Kier alpha value is -1.33. The summed E-state index contributed by atoms with van der Waals surface area (Å²) in [6.07, 6.45) is 0.250. The first-order valence-electron chi connectivity index (χ1n) is 5.81. The summed E-state index contributed by atoms with van der Waals surface area (Å²) in [6.45, 7) is 5.48. The van der Waals surface area contributed by atoms with Crippen LogP contribution in [0.5, 0.6) is 0 Å². The number of hydrogen-bond acceptors (Lipinski definition) is 4. The second-order valence-electron chi connectivity index (χ2n) is 4.56. The maximum Gasteiger partial charge on any atom is 0.271 e. The summed E-state index contributed by atoms with van der Waals surface area (Å²) in [7, 11) is 0. The largest absolute Gasteiger partial charge is 0.372 e. The molecule has 18 heavy (non-hydrogen) atoms. The van der Waals surface area contributed by atoms with Crippen LogP contribution in [-0.4, -0.2) is 30.2 Å². The summed E-state index contributed by atoms with van der Waals surface area (Å²) in [6, 6.07) is 4.57. The molecular formula is C12H15ClN2O3. The monoisotopic (exact) mass is 270 g/mol. The molecule has 1 saturated heterocycles. The van der Waals surface area contributed by atoms with E-state index in [0.717, 1.165) is 18.8 Å². The lowest BCUT2D eigenvalue weighted by Gasteiger charge is -2.37. The van der Waals surface area contributed by atoms with E-state index in [2.05, 4.69) is 4.90 Å². The summed E-state index contributed by atoms with van der Waals surface area (Å²) in [5.74, 6) is 0. The molecule has 98 valence electrons. The van der Waals surface area contributed by atoms with Gasteiger partial charge in [0.1, 0.15) is 0 Å². The molecule has 0 aliphatic carbocycles. The van der Waals surface area contributed by atoms with E-state index in [0.29, 0.717) is 5.02 Å². The number of hydrogen-bond donors (Lipinski definition) is 0. The molecule has 2 rings (SSSR count).